The second-order valence-electron chi connectivity index (χ2n) is 2.75. The molecule has 0 amide bonds. The average Bonchev–Trinajstić information content (AvgIpc) is 1.99. The molecule has 1 unspecified atom stereocenters. The molecule has 0 heterocycles. The molecule has 2 nitrogen and oxygen atoms in total. The lowest BCUT2D eigenvalue weighted by atomic mass is 10.2. The van der Waals surface area contributed by atoms with Crippen molar-refractivity contribution in [2.24, 2.45) is 5.92 Å². The molecular weight excluding hydrogens is 138 g/mol. The van der Waals surface area contributed by atoms with E-state index >= 15 is 0 Å². The van der Waals surface area contributed by atoms with E-state index in [-0.39, 0.29) is 0 Å². The Bertz CT molecular complexity index is 102. The van der Waals surface area contributed by atoms with Gasteiger partial charge in [-0.2, -0.15) is 0 Å². The first-order chi connectivity index (χ1) is 5.31. The Morgan fingerprint density at radius 2 is 2.27 bits per heavy atom. The molecule has 0 aliphatic rings. The van der Waals surface area contributed by atoms with Crippen LogP contribution in [-0.4, -0.2) is 27.3 Å². The van der Waals surface area contributed by atoms with E-state index in [9.17, 15) is 0 Å². The van der Waals surface area contributed by atoms with Gasteiger partial charge < -0.3 is 10.1 Å². The number of ether oxygens (including phenoxy) is 1. The Kier molecular flexibility index (Phi) is 7.52. The van der Waals surface area contributed by atoms with Crippen LogP contribution in [0.5, 0.6) is 0 Å². The van der Waals surface area contributed by atoms with Gasteiger partial charge in [-0.05, 0) is 25.9 Å². The summed E-state index contributed by atoms with van der Waals surface area (Å²) in [7, 11) is 3.70. The minimum Gasteiger partial charge on any atom is -0.384 e. The van der Waals surface area contributed by atoms with Gasteiger partial charge in [-0.25, -0.2) is 0 Å². The summed E-state index contributed by atoms with van der Waals surface area (Å²) in [5.74, 6) is 0.539. The molecule has 1 N–H and O–H groups in total. The molecule has 0 rings (SSSR count). The SMILES string of the molecule is CNCC/C=C/C(C)COC. The summed E-state index contributed by atoms with van der Waals surface area (Å²) in [6, 6.07) is 0. The highest BCUT2D eigenvalue weighted by atomic mass is 16.5. The van der Waals surface area contributed by atoms with Crippen molar-refractivity contribution in [2.45, 2.75) is 13.3 Å². The summed E-state index contributed by atoms with van der Waals surface area (Å²) >= 11 is 0. The molecule has 0 saturated carbocycles. The zero-order chi connectivity index (χ0) is 8.53. The van der Waals surface area contributed by atoms with Crippen LogP contribution in [0, 0.1) is 5.92 Å². The number of methoxy groups -OCH3 is 1. The third-order valence-electron chi connectivity index (χ3n) is 1.46. The summed E-state index contributed by atoms with van der Waals surface area (Å²) in [4.78, 5) is 0. The zero-order valence-corrected chi connectivity index (χ0v) is 7.76. The predicted octanol–water partition coefficient (Wildman–Crippen LogP) is 1.43. The summed E-state index contributed by atoms with van der Waals surface area (Å²) in [5, 5.41) is 3.09. The van der Waals surface area contributed by atoms with Gasteiger partial charge in [0, 0.05) is 7.11 Å². The van der Waals surface area contributed by atoms with E-state index in [1.807, 2.05) is 7.05 Å². The maximum absolute atomic E-state index is 4.99. The van der Waals surface area contributed by atoms with Crippen LogP contribution in [0.3, 0.4) is 0 Å². The monoisotopic (exact) mass is 157 g/mol. The van der Waals surface area contributed by atoms with Crippen LogP contribution in [0.25, 0.3) is 0 Å². The Labute approximate surface area is 69.6 Å². The van der Waals surface area contributed by atoms with Gasteiger partial charge in [-0.1, -0.05) is 19.1 Å². The predicted molar refractivity (Wildman–Crippen MR) is 48.7 cm³/mol. The molecule has 0 aromatic rings. The first-order valence-electron chi connectivity index (χ1n) is 4.11. The van der Waals surface area contributed by atoms with Crippen molar-refractivity contribution in [1.82, 2.24) is 5.32 Å². The third-order valence-corrected chi connectivity index (χ3v) is 1.46. The molecule has 2 heteroatoms. The maximum Gasteiger partial charge on any atom is 0.0522 e. The van der Waals surface area contributed by atoms with Crippen LogP contribution in [0.4, 0.5) is 0 Å². The lowest BCUT2D eigenvalue weighted by Gasteiger charge is -2.02. The van der Waals surface area contributed by atoms with E-state index in [4.69, 9.17) is 4.74 Å². The van der Waals surface area contributed by atoms with Gasteiger partial charge in [-0.3, -0.25) is 0 Å². The number of nitrogens with one attached hydrogen (secondary N) is 1. The minimum absolute atomic E-state index is 0.539. The van der Waals surface area contributed by atoms with Crippen molar-refractivity contribution < 1.29 is 4.74 Å². The molecular formula is C9H19NO. The molecule has 0 bridgehead atoms. The van der Waals surface area contributed by atoms with E-state index in [0.29, 0.717) is 5.92 Å². The standard InChI is InChI=1S/C9H19NO/c1-9(8-11-3)6-4-5-7-10-2/h4,6,9-10H,5,7-8H2,1-3H3/b6-4+. The smallest absolute Gasteiger partial charge is 0.0522 e. The molecule has 0 spiro atoms. The highest BCUT2D eigenvalue weighted by Gasteiger charge is 1.92. The van der Waals surface area contributed by atoms with Crippen LogP contribution < -0.4 is 5.32 Å². The normalized spacial score (nSPS) is 14.1. The van der Waals surface area contributed by atoms with Gasteiger partial charge in [0.25, 0.3) is 0 Å². The average molecular weight is 157 g/mol. The number of hydrogen-bond acceptors (Lipinski definition) is 2. The van der Waals surface area contributed by atoms with Crippen molar-refractivity contribution >= 4 is 0 Å². The lowest BCUT2D eigenvalue weighted by Crippen LogP contribution is -2.06. The minimum atomic E-state index is 0.539. The molecule has 66 valence electrons. The van der Waals surface area contributed by atoms with E-state index < -0.39 is 0 Å². The fourth-order valence-electron chi connectivity index (χ4n) is 0.875. The summed E-state index contributed by atoms with van der Waals surface area (Å²) in [6.45, 7) is 4.02. The molecule has 1 atom stereocenters. The topological polar surface area (TPSA) is 21.3 Å². The van der Waals surface area contributed by atoms with Gasteiger partial charge in [0.05, 0.1) is 6.61 Å². The largest absolute Gasteiger partial charge is 0.384 e. The summed E-state index contributed by atoms with van der Waals surface area (Å²) in [6.07, 6.45) is 5.49. The molecule has 0 saturated heterocycles. The van der Waals surface area contributed by atoms with Crippen LogP contribution in [0.2, 0.25) is 0 Å². The Morgan fingerprint density at radius 1 is 1.55 bits per heavy atom. The van der Waals surface area contributed by atoms with Crippen molar-refractivity contribution in [3.63, 3.8) is 0 Å². The Morgan fingerprint density at radius 3 is 2.82 bits per heavy atom. The Balaban J connectivity index is 3.24. The van der Waals surface area contributed by atoms with E-state index in [2.05, 4.69) is 24.4 Å². The molecule has 11 heavy (non-hydrogen) atoms. The highest BCUT2D eigenvalue weighted by Crippen LogP contribution is 1.97. The van der Waals surface area contributed by atoms with Gasteiger partial charge in [-0.15, -0.1) is 0 Å². The van der Waals surface area contributed by atoms with Gasteiger partial charge in [0.15, 0.2) is 0 Å². The molecule has 0 aliphatic heterocycles. The summed E-state index contributed by atoms with van der Waals surface area (Å²) < 4.78 is 4.99. The Hall–Kier alpha value is -0.340. The number of rotatable bonds is 6. The fraction of sp³-hybridized carbons (Fsp3) is 0.778. The number of hydrogen-bond donors (Lipinski definition) is 1. The maximum atomic E-state index is 4.99. The quantitative estimate of drug-likeness (QED) is 0.465. The lowest BCUT2D eigenvalue weighted by molar-refractivity contribution is 0.176. The molecule has 0 aromatic heterocycles. The second-order valence-corrected chi connectivity index (χ2v) is 2.75. The zero-order valence-electron chi connectivity index (χ0n) is 7.76. The third kappa shape index (κ3) is 7.56. The first-order valence-corrected chi connectivity index (χ1v) is 4.11. The van der Waals surface area contributed by atoms with Crippen molar-refractivity contribution in [3.8, 4) is 0 Å². The van der Waals surface area contributed by atoms with Gasteiger partial charge in [0.2, 0.25) is 0 Å². The van der Waals surface area contributed by atoms with Crippen molar-refractivity contribution in [3.05, 3.63) is 12.2 Å². The molecule has 0 radical (unpaired) electrons. The van der Waals surface area contributed by atoms with Gasteiger partial charge >= 0.3 is 0 Å². The van der Waals surface area contributed by atoms with Crippen LogP contribution in [-0.2, 0) is 4.74 Å². The van der Waals surface area contributed by atoms with Crippen LogP contribution >= 0.6 is 0 Å². The highest BCUT2D eigenvalue weighted by molar-refractivity contribution is 4.86. The fourth-order valence-corrected chi connectivity index (χ4v) is 0.875. The van der Waals surface area contributed by atoms with E-state index in [1.54, 1.807) is 7.11 Å². The van der Waals surface area contributed by atoms with Crippen molar-refractivity contribution in [2.75, 3.05) is 27.3 Å². The molecule has 0 fully saturated rings. The van der Waals surface area contributed by atoms with E-state index in [0.717, 1.165) is 19.6 Å². The second kappa shape index (κ2) is 7.76. The van der Waals surface area contributed by atoms with E-state index in [1.165, 1.54) is 0 Å². The summed E-state index contributed by atoms with van der Waals surface area (Å²) in [5.41, 5.74) is 0. The van der Waals surface area contributed by atoms with Crippen LogP contribution in [0.15, 0.2) is 12.2 Å². The van der Waals surface area contributed by atoms with Gasteiger partial charge in [0.1, 0.15) is 0 Å². The van der Waals surface area contributed by atoms with Crippen LogP contribution in [0.1, 0.15) is 13.3 Å². The van der Waals surface area contributed by atoms with Crippen molar-refractivity contribution in [1.29, 1.82) is 0 Å². The molecule has 0 aliphatic carbocycles. The first kappa shape index (κ1) is 10.7. The molecule has 0 aromatic carbocycles.